The number of rotatable bonds is 4. The Bertz CT molecular complexity index is 1770. The topological polar surface area (TPSA) is 133 Å². The van der Waals surface area contributed by atoms with Gasteiger partial charge in [-0.3, -0.25) is 5.32 Å². The highest BCUT2D eigenvalue weighted by atomic mass is 35.5. The zero-order valence-corrected chi connectivity index (χ0v) is 21.9. The standard InChI is InChI=1S/C27H21ClN8O4/c1-39-26(37)30-20-7-4-16(5-8-20)22-14-36-25(31-22)27(38)10-2-3-17-11-18(13-35(40-36)24(17)27)21-12-19(28)6-9-23(21)34-15-29-32-33-34/h4-9,11-15,38H,2-3,10H2,1H3/p+1. The smallest absolute Gasteiger partial charge is 0.411 e. The Morgan fingerprint density at radius 2 is 2.05 bits per heavy atom. The second-order valence-electron chi connectivity index (χ2n) is 9.61. The molecule has 2 N–H and O–H groups in total. The minimum atomic E-state index is -1.35. The maximum absolute atomic E-state index is 12.1. The molecule has 7 rings (SSSR count). The number of amides is 1. The fraction of sp³-hybridized carbons (Fsp3) is 0.185. The minimum absolute atomic E-state index is 0.407. The third-order valence-corrected chi connectivity index (χ3v) is 7.42. The normalized spacial score (nSPS) is 17.0. The molecule has 2 aromatic carbocycles. The number of methoxy groups -OCH3 is 1. The lowest BCUT2D eigenvalue weighted by molar-refractivity contribution is -0.918. The second kappa shape index (κ2) is 9.14. The molecule has 1 atom stereocenters. The van der Waals surface area contributed by atoms with Crippen LogP contribution in [0.15, 0.2) is 67.3 Å². The van der Waals surface area contributed by atoms with Gasteiger partial charge in [0.2, 0.25) is 5.60 Å². The number of benzene rings is 2. The SMILES string of the molecule is COC(=O)Nc1ccc(-c2cn3c(n2)C2(O)CCCc4cc(-c5cc(Cl)ccc5-n5cnnn5)c[n+](c42)O3)cc1. The van der Waals surface area contributed by atoms with E-state index in [4.69, 9.17) is 21.5 Å². The second-order valence-corrected chi connectivity index (χ2v) is 10.0. The summed E-state index contributed by atoms with van der Waals surface area (Å²) in [5.41, 5.74) is 4.63. The van der Waals surface area contributed by atoms with Gasteiger partial charge in [0, 0.05) is 33.0 Å². The Balaban J connectivity index is 1.30. The third-order valence-electron chi connectivity index (χ3n) is 7.19. The number of carbonyl (C=O) groups excluding carboxylic acids is 1. The van der Waals surface area contributed by atoms with E-state index < -0.39 is 11.7 Å². The molecule has 0 spiro atoms. The molecule has 0 radical (unpaired) electrons. The first-order valence-electron chi connectivity index (χ1n) is 12.5. The molecule has 1 aliphatic carbocycles. The quantitative estimate of drug-likeness (QED) is 0.322. The molecular weight excluding hydrogens is 536 g/mol. The average molecular weight is 558 g/mol. The van der Waals surface area contributed by atoms with Gasteiger partial charge in [-0.1, -0.05) is 23.7 Å². The molecule has 4 heterocycles. The zero-order valence-electron chi connectivity index (χ0n) is 21.2. The number of pyridine rings is 1. The van der Waals surface area contributed by atoms with Gasteiger partial charge in [0.05, 0.1) is 12.8 Å². The first-order valence-corrected chi connectivity index (χ1v) is 12.9. The van der Waals surface area contributed by atoms with Gasteiger partial charge in [-0.05, 0) is 75.5 Å². The van der Waals surface area contributed by atoms with Crippen LogP contribution in [0, 0.1) is 0 Å². The monoisotopic (exact) mass is 557 g/mol. The molecule has 1 aliphatic heterocycles. The van der Waals surface area contributed by atoms with Crippen molar-refractivity contribution in [3.8, 4) is 28.1 Å². The largest absolute Gasteiger partial charge is 0.453 e. The predicted octanol–water partition coefficient (Wildman–Crippen LogP) is 3.09. The van der Waals surface area contributed by atoms with Gasteiger partial charge in [-0.15, -0.1) is 10.0 Å². The van der Waals surface area contributed by atoms with E-state index in [1.165, 1.54) is 18.2 Å². The van der Waals surface area contributed by atoms with E-state index >= 15 is 0 Å². The lowest BCUT2D eigenvalue weighted by Crippen LogP contribution is -2.60. The number of carbonyl (C=O) groups is 1. The number of aryl methyl sites for hydroxylation is 1. The Labute approximate surface area is 232 Å². The Morgan fingerprint density at radius 3 is 2.83 bits per heavy atom. The van der Waals surface area contributed by atoms with Gasteiger partial charge in [0.1, 0.15) is 18.2 Å². The summed E-state index contributed by atoms with van der Waals surface area (Å²) in [6.07, 6.45) is 6.55. The molecule has 12 nitrogen and oxygen atoms in total. The predicted molar refractivity (Wildman–Crippen MR) is 141 cm³/mol. The van der Waals surface area contributed by atoms with Gasteiger partial charge in [0.15, 0.2) is 11.9 Å². The van der Waals surface area contributed by atoms with Gasteiger partial charge >= 0.3 is 6.09 Å². The number of aromatic nitrogens is 7. The van der Waals surface area contributed by atoms with Crippen LogP contribution in [-0.4, -0.2) is 48.2 Å². The van der Waals surface area contributed by atoms with Crippen molar-refractivity contribution in [1.29, 1.82) is 0 Å². The maximum atomic E-state index is 12.1. The number of fused-ring (bicyclic) bond motifs is 2. The molecular formula is C27H22ClN8O4+. The molecule has 1 amide bonds. The number of aliphatic hydroxyl groups is 1. The molecule has 2 aliphatic rings. The highest BCUT2D eigenvalue weighted by molar-refractivity contribution is 6.31. The van der Waals surface area contributed by atoms with Crippen molar-refractivity contribution >= 4 is 23.4 Å². The van der Waals surface area contributed by atoms with Crippen molar-refractivity contribution in [2.24, 2.45) is 0 Å². The maximum Gasteiger partial charge on any atom is 0.411 e. The lowest BCUT2D eigenvalue weighted by Gasteiger charge is -2.32. The van der Waals surface area contributed by atoms with E-state index in [1.807, 2.05) is 36.5 Å². The summed E-state index contributed by atoms with van der Waals surface area (Å²) in [6.45, 7) is 0. The molecule has 200 valence electrons. The molecule has 0 saturated heterocycles. The Hall–Kier alpha value is -4.81. The van der Waals surface area contributed by atoms with Crippen LogP contribution in [0.1, 0.15) is 29.9 Å². The zero-order chi connectivity index (χ0) is 27.4. The number of hydrogen-bond acceptors (Lipinski definition) is 8. The van der Waals surface area contributed by atoms with E-state index in [-0.39, 0.29) is 0 Å². The van der Waals surface area contributed by atoms with Crippen molar-refractivity contribution < 1.29 is 24.3 Å². The summed E-state index contributed by atoms with van der Waals surface area (Å²) in [4.78, 5) is 22.6. The van der Waals surface area contributed by atoms with Gasteiger partial charge < -0.3 is 9.84 Å². The van der Waals surface area contributed by atoms with Crippen LogP contribution in [0.4, 0.5) is 10.5 Å². The molecule has 0 saturated carbocycles. The van der Waals surface area contributed by atoms with Crippen molar-refractivity contribution in [3.05, 3.63) is 89.4 Å². The summed E-state index contributed by atoms with van der Waals surface area (Å²) < 4.78 is 9.33. The minimum Gasteiger partial charge on any atom is -0.453 e. The Kier molecular flexibility index (Phi) is 5.54. The average Bonchev–Trinajstić information content (AvgIpc) is 3.64. The van der Waals surface area contributed by atoms with Crippen LogP contribution in [0.2, 0.25) is 5.02 Å². The van der Waals surface area contributed by atoms with Crippen LogP contribution in [0.25, 0.3) is 28.1 Å². The first-order chi connectivity index (χ1) is 19.4. The van der Waals surface area contributed by atoms with E-state index in [2.05, 4.69) is 25.6 Å². The fourth-order valence-corrected chi connectivity index (χ4v) is 5.56. The molecule has 0 bridgehead atoms. The Morgan fingerprint density at radius 1 is 1.20 bits per heavy atom. The van der Waals surface area contributed by atoms with Gasteiger partial charge in [-0.25, -0.2) is 9.78 Å². The molecule has 5 aromatic rings. The van der Waals surface area contributed by atoms with Crippen molar-refractivity contribution in [3.63, 3.8) is 0 Å². The molecule has 40 heavy (non-hydrogen) atoms. The molecule has 13 heteroatoms. The van der Waals surface area contributed by atoms with Crippen molar-refractivity contribution in [1.82, 2.24) is 29.9 Å². The number of hydrogen-bond donors (Lipinski definition) is 2. The highest BCUT2D eigenvalue weighted by Crippen LogP contribution is 2.42. The summed E-state index contributed by atoms with van der Waals surface area (Å²) >= 11 is 6.39. The first kappa shape index (κ1) is 24.2. The van der Waals surface area contributed by atoms with E-state index in [0.717, 1.165) is 40.8 Å². The third kappa shape index (κ3) is 3.88. The van der Waals surface area contributed by atoms with Crippen LogP contribution in [-0.2, 0) is 16.8 Å². The van der Waals surface area contributed by atoms with Crippen molar-refractivity contribution in [2.45, 2.75) is 24.9 Å². The van der Waals surface area contributed by atoms with Crippen LogP contribution >= 0.6 is 11.6 Å². The summed E-state index contributed by atoms with van der Waals surface area (Å²) in [6, 6.07) is 14.7. The van der Waals surface area contributed by atoms with Crippen molar-refractivity contribution in [2.75, 3.05) is 12.4 Å². The number of nitrogens with zero attached hydrogens (tertiary/aromatic N) is 7. The highest BCUT2D eigenvalue weighted by Gasteiger charge is 2.53. The number of halogens is 1. The van der Waals surface area contributed by atoms with Crippen LogP contribution < -0.4 is 15.0 Å². The molecule has 3 aromatic heterocycles. The van der Waals surface area contributed by atoms with E-state index in [9.17, 15) is 9.90 Å². The number of imidazole rings is 1. The summed E-state index contributed by atoms with van der Waals surface area (Å²) in [5, 5.41) is 26.8. The van der Waals surface area contributed by atoms with Crippen LogP contribution in [0.3, 0.4) is 0 Å². The molecule has 1 unspecified atom stereocenters. The van der Waals surface area contributed by atoms with E-state index in [1.54, 1.807) is 33.8 Å². The fourth-order valence-electron chi connectivity index (χ4n) is 5.39. The number of nitrogens with one attached hydrogen (secondary N) is 1. The van der Waals surface area contributed by atoms with Crippen LogP contribution in [0.5, 0.6) is 0 Å². The number of tetrazole rings is 1. The van der Waals surface area contributed by atoms with Gasteiger partial charge in [0.25, 0.3) is 5.82 Å². The van der Waals surface area contributed by atoms with Gasteiger partial charge in [-0.2, -0.15) is 4.68 Å². The lowest BCUT2D eigenvalue weighted by atomic mass is 9.81. The molecule has 0 fully saturated rings. The van der Waals surface area contributed by atoms with E-state index in [0.29, 0.717) is 34.3 Å². The summed E-state index contributed by atoms with van der Waals surface area (Å²) in [7, 11) is 1.31. The number of anilines is 1. The summed E-state index contributed by atoms with van der Waals surface area (Å²) in [5.74, 6) is 0.407. The number of ether oxygens (including phenoxy) is 1.